The molecule has 25 heavy (non-hydrogen) atoms. The molecule has 1 unspecified atom stereocenters. The number of tetrazole rings is 1. The van der Waals surface area contributed by atoms with Crippen molar-refractivity contribution in [2.45, 2.75) is 49.2 Å². The number of nitrogens with zero attached hydrogens (tertiary/aromatic N) is 4. The highest BCUT2D eigenvalue weighted by Gasteiger charge is 2.42. The van der Waals surface area contributed by atoms with E-state index >= 15 is 0 Å². The molecule has 2 aliphatic rings. The maximum atomic E-state index is 10.6. The average molecular weight is 343 g/mol. The zero-order valence-electron chi connectivity index (χ0n) is 14.3. The number of likely N-dealkylation sites (tertiary alicyclic amines) is 1. The minimum atomic E-state index is -0.924. The van der Waals surface area contributed by atoms with E-state index in [0.29, 0.717) is 25.2 Å². The Morgan fingerprint density at radius 3 is 2.56 bits per heavy atom. The van der Waals surface area contributed by atoms with Crippen molar-refractivity contribution in [3.8, 4) is 0 Å². The number of benzene rings is 1. The first-order chi connectivity index (χ1) is 12.2. The number of aliphatic hydroxyl groups is 2. The first-order valence-corrected chi connectivity index (χ1v) is 9.07. The van der Waals surface area contributed by atoms with Gasteiger partial charge < -0.3 is 10.2 Å². The molecule has 7 heteroatoms. The van der Waals surface area contributed by atoms with E-state index < -0.39 is 11.7 Å². The topological polar surface area (TPSA) is 98.2 Å². The molecule has 1 aliphatic heterocycles. The zero-order valence-corrected chi connectivity index (χ0v) is 14.3. The van der Waals surface area contributed by atoms with Crippen molar-refractivity contribution in [2.75, 3.05) is 19.6 Å². The fourth-order valence-corrected chi connectivity index (χ4v) is 4.40. The number of rotatable bonds is 5. The highest BCUT2D eigenvalue weighted by molar-refractivity contribution is 5.26. The van der Waals surface area contributed by atoms with E-state index in [0.717, 1.165) is 25.9 Å². The van der Waals surface area contributed by atoms with Crippen molar-refractivity contribution in [1.29, 1.82) is 0 Å². The third kappa shape index (κ3) is 3.31. The maximum Gasteiger partial charge on any atom is 0.179 e. The number of aliphatic hydroxyl groups excluding tert-OH is 1. The molecule has 0 radical (unpaired) electrons. The van der Waals surface area contributed by atoms with Crippen molar-refractivity contribution in [3.05, 3.63) is 41.7 Å². The summed E-state index contributed by atoms with van der Waals surface area (Å²) in [4.78, 5) is 2.22. The van der Waals surface area contributed by atoms with E-state index in [9.17, 15) is 10.2 Å². The second-order valence-corrected chi connectivity index (χ2v) is 7.44. The van der Waals surface area contributed by atoms with Crippen LogP contribution in [0, 0.1) is 0 Å². The molecule has 1 aromatic heterocycles. The number of hydrogen-bond donors (Lipinski definition) is 3. The van der Waals surface area contributed by atoms with Crippen LogP contribution in [0.1, 0.15) is 48.9 Å². The van der Waals surface area contributed by atoms with Crippen LogP contribution in [0.2, 0.25) is 0 Å². The van der Waals surface area contributed by atoms with Gasteiger partial charge in [-0.05, 0) is 18.4 Å². The summed E-state index contributed by atoms with van der Waals surface area (Å²) in [5, 5.41) is 35.9. The minimum absolute atomic E-state index is 0.131. The van der Waals surface area contributed by atoms with Gasteiger partial charge in [-0.3, -0.25) is 4.90 Å². The first kappa shape index (κ1) is 16.6. The lowest BCUT2D eigenvalue weighted by atomic mass is 9.88. The molecule has 134 valence electrons. The second kappa shape index (κ2) is 6.82. The lowest BCUT2D eigenvalue weighted by Gasteiger charge is -2.31. The average Bonchev–Trinajstić information content (AvgIpc) is 3.36. The Balaban J connectivity index is 1.51. The molecule has 1 aromatic carbocycles. The number of aromatic amines is 1. The molecule has 0 spiro atoms. The van der Waals surface area contributed by atoms with Crippen LogP contribution in [-0.4, -0.2) is 67.1 Å². The van der Waals surface area contributed by atoms with Crippen LogP contribution in [0.5, 0.6) is 0 Å². The van der Waals surface area contributed by atoms with Gasteiger partial charge in [-0.1, -0.05) is 48.4 Å². The number of β-amino-alcohol motifs (C(OH)–C–C–N with tert-alkyl or cyclic N) is 1. The molecule has 0 amide bonds. The maximum absolute atomic E-state index is 10.6. The normalized spacial score (nSPS) is 27.6. The molecule has 1 saturated carbocycles. The summed E-state index contributed by atoms with van der Waals surface area (Å²) < 4.78 is 0. The number of hydrogen-bond acceptors (Lipinski definition) is 6. The van der Waals surface area contributed by atoms with Crippen molar-refractivity contribution in [2.24, 2.45) is 0 Å². The molecule has 2 aromatic rings. The Morgan fingerprint density at radius 2 is 1.88 bits per heavy atom. The van der Waals surface area contributed by atoms with Gasteiger partial charge in [0.2, 0.25) is 0 Å². The van der Waals surface area contributed by atoms with E-state index in [1.54, 1.807) is 0 Å². The van der Waals surface area contributed by atoms with Crippen LogP contribution < -0.4 is 0 Å². The molecule has 7 nitrogen and oxygen atoms in total. The minimum Gasteiger partial charge on any atom is -0.389 e. The highest BCUT2D eigenvalue weighted by atomic mass is 16.3. The number of H-pyrrole nitrogens is 1. The van der Waals surface area contributed by atoms with Crippen LogP contribution in [0.25, 0.3) is 0 Å². The zero-order chi connectivity index (χ0) is 17.3. The van der Waals surface area contributed by atoms with E-state index in [1.807, 2.05) is 18.2 Å². The quantitative estimate of drug-likeness (QED) is 0.751. The Labute approximate surface area is 147 Å². The van der Waals surface area contributed by atoms with Crippen LogP contribution in [0.4, 0.5) is 0 Å². The molecule has 3 atom stereocenters. The van der Waals surface area contributed by atoms with E-state index in [2.05, 4.69) is 37.7 Å². The summed E-state index contributed by atoms with van der Waals surface area (Å²) in [6.07, 6.45) is 2.66. The van der Waals surface area contributed by atoms with Gasteiger partial charge in [0.05, 0.1) is 11.7 Å². The number of nitrogens with one attached hydrogen (secondary N) is 1. The van der Waals surface area contributed by atoms with Gasteiger partial charge in [0, 0.05) is 31.5 Å². The molecular weight excluding hydrogens is 318 g/mol. The Hall–Kier alpha value is -1.83. The predicted molar refractivity (Wildman–Crippen MR) is 92.0 cm³/mol. The van der Waals surface area contributed by atoms with Gasteiger partial charge in [0.1, 0.15) is 0 Å². The standard InChI is InChI=1S/C18H25N5O2/c24-16(18(25)8-4-5-9-18)12-23-10-14(13-6-2-1-3-7-13)15(11-23)17-19-21-22-20-17/h1-3,6-7,14-16,24-25H,4-5,8-12H2,(H,19,20,21,22)/t14-,15+,16?/m1/s1. The van der Waals surface area contributed by atoms with Crippen LogP contribution in [-0.2, 0) is 0 Å². The Bertz CT molecular complexity index is 672. The van der Waals surface area contributed by atoms with Gasteiger partial charge in [0.25, 0.3) is 0 Å². The molecule has 4 rings (SSSR count). The largest absolute Gasteiger partial charge is 0.389 e. The summed E-state index contributed by atoms with van der Waals surface area (Å²) in [5.41, 5.74) is 0.320. The summed E-state index contributed by atoms with van der Waals surface area (Å²) in [6, 6.07) is 10.4. The summed E-state index contributed by atoms with van der Waals surface area (Å²) in [5.74, 6) is 1.10. The lowest BCUT2D eigenvalue weighted by Crippen LogP contribution is -2.46. The number of aromatic nitrogens is 4. The molecule has 2 heterocycles. The fourth-order valence-electron chi connectivity index (χ4n) is 4.40. The van der Waals surface area contributed by atoms with E-state index in [4.69, 9.17) is 0 Å². The van der Waals surface area contributed by atoms with Gasteiger partial charge in [-0.15, -0.1) is 10.2 Å². The van der Waals surface area contributed by atoms with E-state index in [1.165, 1.54) is 5.56 Å². The Kier molecular flexibility index (Phi) is 4.54. The van der Waals surface area contributed by atoms with Gasteiger partial charge in [-0.25, -0.2) is 0 Å². The molecule has 3 N–H and O–H groups in total. The van der Waals surface area contributed by atoms with E-state index in [-0.39, 0.29) is 11.8 Å². The third-order valence-corrected chi connectivity index (χ3v) is 5.84. The van der Waals surface area contributed by atoms with Gasteiger partial charge in [0.15, 0.2) is 5.82 Å². The molecule has 0 bridgehead atoms. The van der Waals surface area contributed by atoms with Crippen molar-refractivity contribution >= 4 is 0 Å². The second-order valence-electron chi connectivity index (χ2n) is 7.44. The molecule has 2 fully saturated rings. The molecule has 1 aliphatic carbocycles. The van der Waals surface area contributed by atoms with Crippen LogP contribution in [0.3, 0.4) is 0 Å². The van der Waals surface area contributed by atoms with Crippen LogP contribution >= 0.6 is 0 Å². The predicted octanol–water partition coefficient (Wildman–Crippen LogP) is 1.05. The Morgan fingerprint density at radius 1 is 1.16 bits per heavy atom. The summed E-state index contributed by atoms with van der Waals surface area (Å²) in [6.45, 7) is 2.05. The SMILES string of the molecule is OC(CN1C[C@H](c2ccccc2)[C@@H](c2nn[nH]n2)C1)C1(O)CCCC1. The smallest absolute Gasteiger partial charge is 0.179 e. The van der Waals surface area contributed by atoms with Crippen LogP contribution in [0.15, 0.2) is 30.3 Å². The van der Waals surface area contributed by atoms with Crippen molar-refractivity contribution < 1.29 is 10.2 Å². The van der Waals surface area contributed by atoms with Crippen molar-refractivity contribution in [1.82, 2.24) is 25.5 Å². The molecular formula is C18H25N5O2. The summed E-state index contributed by atoms with van der Waals surface area (Å²) >= 11 is 0. The first-order valence-electron chi connectivity index (χ1n) is 9.07. The fraction of sp³-hybridized carbons (Fsp3) is 0.611. The summed E-state index contributed by atoms with van der Waals surface area (Å²) in [7, 11) is 0. The lowest BCUT2D eigenvalue weighted by molar-refractivity contribution is -0.0797. The van der Waals surface area contributed by atoms with Gasteiger partial charge in [-0.2, -0.15) is 5.21 Å². The monoisotopic (exact) mass is 343 g/mol. The third-order valence-electron chi connectivity index (χ3n) is 5.84. The van der Waals surface area contributed by atoms with Gasteiger partial charge >= 0.3 is 0 Å². The highest BCUT2D eigenvalue weighted by Crippen LogP contribution is 2.39. The van der Waals surface area contributed by atoms with Crippen molar-refractivity contribution in [3.63, 3.8) is 0 Å². The molecule has 1 saturated heterocycles.